The fraction of sp³-hybridized carbons (Fsp3) is 0.300. The standard InChI is InChI=1S/C10H8F4O2/c11-7-2-1-6(5-8(7)12)3-4-10(13,14)9(15)16/h1-2,5H,3-4H2,(H,15,16). The lowest BCUT2D eigenvalue weighted by molar-refractivity contribution is -0.165. The van der Waals surface area contributed by atoms with Crippen LogP contribution in [0.5, 0.6) is 0 Å². The molecule has 0 amide bonds. The van der Waals surface area contributed by atoms with Crippen LogP contribution in [0.25, 0.3) is 0 Å². The van der Waals surface area contributed by atoms with Gasteiger partial charge in [-0.25, -0.2) is 13.6 Å². The first-order valence-corrected chi connectivity index (χ1v) is 4.38. The van der Waals surface area contributed by atoms with E-state index in [-0.39, 0.29) is 12.0 Å². The van der Waals surface area contributed by atoms with Crippen molar-refractivity contribution in [2.75, 3.05) is 0 Å². The van der Waals surface area contributed by atoms with E-state index < -0.39 is 29.9 Å². The predicted octanol–water partition coefficient (Wildman–Crippen LogP) is 2.62. The molecule has 0 aromatic heterocycles. The van der Waals surface area contributed by atoms with Gasteiger partial charge in [-0.15, -0.1) is 0 Å². The van der Waals surface area contributed by atoms with Crippen molar-refractivity contribution in [3.05, 3.63) is 35.4 Å². The number of carboxylic acid groups (broad SMARTS) is 1. The van der Waals surface area contributed by atoms with Gasteiger partial charge in [0.05, 0.1) is 0 Å². The number of rotatable bonds is 4. The predicted molar refractivity (Wildman–Crippen MR) is 47.3 cm³/mol. The van der Waals surface area contributed by atoms with Crippen LogP contribution in [0, 0.1) is 11.6 Å². The summed E-state index contributed by atoms with van der Waals surface area (Å²) in [5.74, 6) is -8.30. The average molecular weight is 236 g/mol. The van der Waals surface area contributed by atoms with E-state index in [0.29, 0.717) is 0 Å². The highest BCUT2D eigenvalue weighted by Gasteiger charge is 2.37. The molecule has 0 saturated carbocycles. The molecule has 0 radical (unpaired) electrons. The lowest BCUT2D eigenvalue weighted by Gasteiger charge is -2.10. The summed E-state index contributed by atoms with van der Waals surface area (Å²) < 4.78 is 50.5. The van der Waals surface area contributed by atoms with E-state index >= 15 is 0 Å². The number of alkyl halides is 2. The van der Waals surface area contributed by atoms with Crippen molar-refractivity contribution in [2.45, 2.75) is 18.8 Å². The van der Waals surface area contributed by atoms with E-state index in [1.165, 1.54) is 0 Å². The molecule has 1 rings (SSSR count). The Bertz CT molecular complexity index is 404. The molecule has 88 valence electrons. The number of aryl methyl sites for hydroxylation is 1. The van der Waals surface area contributed by atoms with Crippen LogP contribution in [0.15, 0.2) is 18.2 Å². The molecule has 2 nitrogen and oxygen atoms in total. The van der Waals surface area contributed by atoms with Gasteiger partial charge in [-0.2, -0.15) is 8.78 Å². The molecule has 16 heavy (non-hydrogen) atoms. The number of benzene rings is 1. The number of hydrogen-bond donors (Lipinski definition) is 1. The molecule has 0 saturated heterocycles. The number of carboxylic acids is 1. The van der Waals surface area contributed by atoms with Crippen LogP contribution >= 0.6 is 0 Å². The summed E-state index contributed by atoms with van der Waals surface area (Å²) in [4.78, 5) is 10.1. The number of carbonyl (C=O) groups is 1. The van der Waals surface area contributed by atoms with Gasteiger partial charge in [0.2, 0.25) is 0 Å². The molecular weight excluding hydrogens is 228 g/mol. The van der Waals surface area contributed by atoms with E-state index in [4.69, 9.17) is 5.11 Å². The monoisotopic (exact) mass is 236 g/mol. The van der Waals surface area contributed by atoms with E-state index in [9.17, 15) is 22.4 Å². The van der Waals surface area contributed by atoms with Crippen molar-refractivity contribution >= 4 is 5.97 Å². The minimum Gasteiger partial charge on any atom is -0.477 e. The number of aliphatic carboxylic acids is 1. The van der Waals surface area contributed by atoms with Gasteiger partial charge in [0, 0.05) is 6.42 Å². The minimum absolute atomic E-state index is 0.125. The van der Waals surface area contributed by atoms with Gasteiger partial charge in [-0.05, 0) is 24.1 Å². The zero-order valence-corrected chi connectivity index (χ0v) is 8.01. The fourth-order valence-corrected chi connectivity index (χ4v) is 1.10. The Balaban J connectivity index is 2.68. The Morgan fingerprint density at radius 1 is 1.25 bits per heavy atom. The van der Waals surface area contributed by atoms with Gasteiger partial charge in [0.1, 0.15) is 0 Å². The molecular formula is C10H8F4O2. The summed E-state index contributed by atoms with van der Waals surface area (Å²) in [5, 5.41) is 8.13. The molecule has 0 spiro atoms. The van der Waals surface area contributed by atoms with Gasteiger partial charge in [-0.3, -0.25) is 0 Å². The van der Waals surface area contributed by atoms with Crippen molar-refractivity contribution in [2.24, 2.45) is 0 Å². The zero-order valence-electron chi connectivity index (χ0n) is 8.01. The molecule has 1 N–H and O–H groups in total. The van der Waals surface area contributed by atoms with Gasteiger partial charge in [0.25, 0.3) is 0 Å². The summed E-state index contributed by atoms with van der Waals surface area (Å²) in [7, 11) is 0. The van der Waals surface area contributed by atoms with Crippen LogP contribution in [0.2, 0.25) is 0 Å². The third kappa shape index (κ3) is 2.95. The SMILES string of the molecule is O=C(O)C(F)(F)CCc1ccc(F)c(F)c1. The van der Waals surface area contributed by atoms with Gasteiger partial charge in [0.15, 0.2) is 11.6 Å². The smallest absolute Gasteiger partial charge is 0.374 e. The topological polar surface area (TPSA) is 37.3 Å². The quantitative estimate of drug-likeness (QED) is 0.816. The molecule has 0 heterocycles. The normalized spacial score (nSPS) is 11.5. The van der Waals surface area contributed by atoms with Crippen molar-refractivity contribution in [3.8, 4) is 0 Å². The molecule has 0 aliphatic carbocycles. The maximum absolute atomic E-state index is 12.7. The molecule has 0 fully saturated rings. The second-order valence-corrected chi connectivity index (χ2v) is 3.26. The summed E-state index contributed by atoms with van der Waals surface area (Å²) in [6.07, 6.45) is -1.29. The maximum Gasteiger partial charge on any atom is 0.374 e. The summed E-state index contributed by atoms with van der Waals surface area (Å²) >= 11 is 0. The van der Waals surface area contributed by atoms with E-state index in [1.807, 2.05) is 0 Å². The summed E-state index contributed by atoms with van der Waals surface area (Å²) in [5.41, 5.74) is 0.125. The zero-order chi connectivity index (χ0) is 12.3. The van der Waals surface area contributed by atoms with Crippen LogP contribution in [0.3, 0.4) is 0 Å². The highest BCUT2D eigenvalue weighted by atomic mass is 19.3. The highest BCUT2D eigenvalue weighted by Crippen LogP contribution is 2.21. The van der Waals surface area contributed by atoms with Crippen LogP contribution in [-0.2, 0) is 11.2 Å². The van der Waals surface area contributed by atoms with Crippen molar-refractivity contribution < 1.29 is 27.5 Å². The molecule has 6 heteroatoms. The third-order valence-electron chi connectivity index (χ3n) is 2.02. The van der Waals surface area contributed by atoms with Crippen LogP contribution < -0.4 is 0 Å². The first-order chi connectivity index (χ1) is 7.33. The van der Waals surface area contributed by atoms with E-state index in [1.54, 1.807) is 0 Å². The first-order valence-electron chi connectivity index (χ1n) is 4.38. The molecule has 0 unspecified atom stereocenters. The van der Waals surface area contributed by atoms with E-state index in [2.05, 4.69) is 0 Å². The Morgan fingerprint density at radius 2 is 1.88 bits per heavy atom. The van der Waals surface area contributed by atoms with Crippen LogP contribution in [0.1, 0.15) is 12.0 Å². The fourth-order valence-electron chi connectivity index (χ4n) is 1.10. The lowest BCUT2D eigenvalue weighted by Crippen LogP contribution is -2.28. The highest BCUT2D eigenvalue weighted by molar-refractivity contribution is 5.75. The molecule has 0 aliphatic rings. The Kier molecular flexibility index (Phi) is 3.51. The Hall–Kier alpha value is -1.59. The largest absolute Gasteiger partial charge is 0.477 e. The Labute approximate surface area is 88.5 Å². The van der Waals surface area contributed by atoms with E-state index in [0.717, 1.165) is 18.2 Å². The molecule has 1 aromatic carbocycles. The lowest BCUT2D eigenvalue weighted by atomic mass is 10.1. The second-order valence-electron chi connectivity index (χ2n) is 3.26. The van der Waals surface area contributed by atoms with Crippen LogP contribution in [-0.4, -0.2) is 17.0 Å². The van der Waals surface area contributed by atoms with Crippen molar-refractivity contribution in [1.29, 1.82) is 0 Å². The summed E-state index contributed by atoms with van der Waals surface area (Å²) in [6, 6.07) is 2.72. The van der Waals surface area contributed by atoms with Crippen molar-refractivity contribution in [1.82, 2.24) is 0 Å². The second kappa shape index (κ2) is 4.51. The first kappa shape index (κ1) is 12.5. The van der Waals surface area contributed by atoms with Gasteiger partial charge < -0.3 is 5.11 Å². The molecule has 0 atom stereocenters. The molecule has 0 aliphatic heterocycles. The van der Waals surface area contributed by atoms with Gasteiger partial charge >= 0.3 is 11.9 Å². The van der Waals surface area contributed by atoms with Gasteiger partial charge in [-0.1, -0.05) is 6.07 Å². The molecule has 1 aromatic rings. The Morgan fingerprint density at radius 3 is 2.38 bits per heavy atom. The maximum atomic E-state index is 12.7. The average Bonchev–Trinajstić information content (AvgIpc) is 2.20. The number of hydrogen-bond acceptors (Lipinski definition) is 1. The number of halogens is 4. The van der Waals surface area contributed by atoms with Crippen molar-refractivity contribution in [3.63, 3.8) is 0 Å². The third-order valence-corrected chi connectivity index (χ3v) is 2.02. The minimum atomic E-state index is -3.86. The summed E-state index contributed by atoms with van der Waals surface area (Å²) in [6.45, 7) is 0. The van der Waals surface area contributed by atoms with Crippen LogP contribution in [0.4, 0.5) is 17.6 Å². The molecule has 0 bridgehead atoms.